The molecule has 2 aromatic rings. The summed E-state index contributed by atoms with van der Waals surface area (Å²) in [5, 5.41) is 10.9. The van der Waals surface area contributed by atoms with E-state index in [-0.39, 0.29) is 5.69 Å². The van der Waals surface area contributed by atoms with Gasteiger partial charge in [-0.05, 0) is 36.6 Å². The molecule has 1 aliphatic rings. The molecule has 0 unspecified atom stereocenters. The zero-order chi connectivity index (χ0) is 17.8. The summed E-state index contributed by atoms with van der Waals surface area (Å²) in [6.07, 6.45) is 0.930. The van der Waals surface area contributed by atoms with Crippen molar-refractivity contribution in [2.75, 3.05) is 37.0 Å². The van der Waals surface area contributed by atoms with E-state index < -0.39 is 17.6 Å². The fourth-order valence-corrected chi connectivity index (χ4v) is 2.80. The van der Waals surface area contributed by atoms with Crippen molar-refractivity contribution < 1.29 is 18.3 Å². The molecule has 132 valence electrons. The highest BCUT2D eigenvalue weighted by molar-refractivity contribution is 5.86. The Labute approximate surface area is 143 Å². The summed E-state index contributed by atoms with van der Waals surface area (Å²) in [5.74, 6) is -1.29. The minimum atomic E-state index is -0.838. The van der Waals surface area contributed by atoms with Crippen LogP contribution >= 0.6 is 0 Å². The molecule has 3 rings (SSSR count). The summed E-state index contributed by atoms with van der Waals surface area (Å²) in [4.78, 5) is 13.3. The highest BCUT2D eigenvalue weighted by Gasteiger charge is 2.23. The number of rotatable bonds is 5. The van der Waals surface area contributed by atoms with Crippen LogP contribution in [0.25, 0.3) is 0 Å². The molecule has 2 heterocycles. The maximum atomic E-state index is 13.4. The van der Waals surface area contributed by atoms with Crippen LogP contribution in [0, 0.1) is 17.6 Å². The molecule has 0 spiro atoms. The molecule has 0 saturated carbocycles. The predicted molar refractivity (Wildman–Crippen MR) is 88.5 cm³/mol. The normalized spacial score (nSPS) is 16.8. The fraction of sp³-hybridized carbons (Fsp3) is 0.353. The van der Waals surface area contributed by atoms with Gasteiger partial charge in [0.15, 0.2) is 17.3 Å². The van der Waals surface area contributed by atoms with E-state index in [9.17, 15) is 13.6 Å². The molecular formula is C17H18F2N4O2. The molecule has 1 aromatic heterocycles. The van der Waals surface area contributed by atoms with E-state index in [1.54, 1.807) is 18.2 Å². The maximum absolute atomic E-state index is 13.4. The number of hydrogen-bond donors (Lipinski definition) is 1. The second-order valence-electron chi connectivity index (χ2n) is 5.88. The van der Waals surface area contributed by atoms with Gasteiger partial charge in [-0.2, -0.15) is 0 Å². The average molecular weight is 348 g/mol. The highest BCUT2D eigenvalue weighted by atomic mass is 19.2. The highest BCUT2D eigenvalue weighted by Crippen LogP contribution is 2.25. The van der Waals surface area contributed by atoms with E-state index >= 15 is 0 Å². The summed E-state index contributed by atoms with van der Waals surface area (Å²) in [6.45, 7) is 2.20. The van der Waals surface area contributed by atoms with Crippen LogP contribution in [0.4, 0.5) is 20.3 Å². The topological polar surface area (TPSA) is 67.3 Å². The van der Waals surface area contributed by atoms with Crippen molar-refractivity contribution in [3.63, 3.8) is 0 Å². The summed E-state index contributed by atoms with van der Waals surface area (Å²) in [5.41, 5.74) is 0.835. The molecule has 0 bridgehead atoms. The van der Waals surface area contributed by atoms with Crippen LogP contribution in [0.15, 0.2) is 30.3 Å². The molecule has 25 heavy (non-hydrogen) atoms. The Morgan fingerprint density at radius 1 is 1.28 bits per heavy atom. The largest absolute Gasteiger partial charge is 0.464 e. The Hall–Kier alpha value is -2.77. The van der Waals surface area contributed by atoms with E-state index in [0.717, 1.165) is 25.6 Å². The van der Waals surface area contributed by atoms with E-state index in [0.29, 0.717) is 24.0 Å². The van der Waals surface area contributed by atoms with Crippen LogP contribution in [0.5, 0.6) is 0 Å². The minimum absolute atomic E-state index is 0.151. The molecule has 1 aromatic carbocycles. The second-order valence-corrected chi connectivity index (χ2v) is 5.88. The predicted octanol–water partition coefficient (Wildman–Crippen LogP) is 2.48. The number of carbonyl (C=O) groups excluding carboxylic acids is 1. The average Bonchev–Trinajstić information content (AvgIpc) is 3.11. The van der Waals surface area contributed by atoms with Crippen LogP contribution in [0.2, 0.25) is 0 Å². The first-order valence-electron chi connectivity index (χ1n) is 7.92. The van der Waals surface area contributed by atoms with Crippen molar-refractivity contribution in [2.24, 2.45) is 5.92 Å². The van der Waals surface area contributed by atoms with Crippen molar-refractivity contribution in [2.45, 2.75) is 6.42 Å². The number of nitrogens with zero attached hydrogens (tertiary/aromatic N) is 3. The Kier molecular flexibility index (Phi) is 5.06. The smallest absolute Gasteiger partial charge is 0.358 e. The summed E-state index contributed by atoms with van der Waals surface area (Å²) >= 11 is 0. The zero-order valence-electron chi connectivity index (χ0n) is 13.7. The van der Waals surface area contributed by atoms with Gasteiger partial charge in [-0.25, -0.2) is 13.6 Å². The number of anilines is 2. The van der Waals surface area contributed by atoms with Gasteiger partial charge in [-0.15, -0.1) is 10.2 Å². The maximum Gasteiger partial charge on any atom is 0.358 e. The standard InChI is InChI=1S/C17H18F2N4O2/c1-25-17(24)15-4-5-16(22-21-15)20-9-11-6-7-23(10-11)12-2-3-13(18)14(19)8-12/h2-5,8,11H,6-7,9-10H2,1H3,(H,20,22)/t11-/m0/s1. The Morgan fingerprint density at radius 2 is 2.12 bits per heavy atom. The SMILES string of the molecule is COC(=O)c1ccc(NC[C@@H]2CCN(c3ccc(F)c(F)c3)C2)nn1. The van der Waals surface area contributed by atoms with Crippen molar-refractivity contribution in [1.29, 1.82) is 0 Å². The lowest BCUT2D eigenvalue weighted by Crippen LogP contribution is -2.23. The molecule has 1 aliphatic heterocycles. The molecule has 1 saturated heterocycles. The quantitative estimate of drug-likeness (QED) is 0.838. The lowest BCUT2D eigenvalue weighted by Gasteiger charge is -2.19. The molecule has 6 nitrogen and oxygen atoms in total. The van der Waals surface area contributed by atoms with Crippen molar-refractivity contribution in [3.8, 4) is 0 Å². The molecule has 8 heteroatoms. The summed E-state index contributed by atoms with van der Waals surface area (Å²) in [7, 11) is 1.29. The lowest BCUT2D eigenvalue weighted by molar-refractivity contribution is 0.0592. The number of methoxy groups -OCH3 is 1. The number of nitrogens with one attached hydrogen (secondary N) is 1. The first-order chi connectivity index (χ1) is 12.1. The van der Waals surface area contributed by atoms with Gasteiger partial charge in [-0.3, -0.25) is 0 Å². The molecule has 0 amide bonds. The minimum Gasteiger partial charge on any atom is -0.464 e. The van der Waals surface area contributed by atoms with E-state index in [4.69, 9.17) is 0 Å². The number of hydrogen-bond acceptors (Lipinski definition) is 6. The van der Waals surface area contributed by atoms with Gasteiger partial charge in [0.1, 0.15) is 5.82 Å². The summed E-state index contributed by atoms with van der Waals surface area (Å²) in [6, 6.07) is 7.17. The van der Waals surface area contributed by atoms with Crippen LogP contribution in [-0.2, 0) is 4.74 Å². The Morgan fingerprint density at radius 3 is 2.80 bits per heavy atom. The first kappa shape index (κ1) is 17.1. The van der Waals surface area contributed by atoms with Gasteiger partial charge in [0.25, 0.3) is 0 Å². The third-order valence-electron chi connectivity index (χ3n) is 4.19. The first-order valence-corrected chi connectivity index (χ1v) is 7.92. The number of benzene rings is 1. The molecule has 1 N–H and O–H groups in total. The van der Waals surface area contributed by atoms with E-state index in [2.05, 4.69) is 20.3 Å². The Balaban J connectivity index is 1.53. The fourth-order valence-electron chi connectivity index (χ4n) is 2.80. The van der Waals surface area contributed by atoms with Crippen LogP contribution in [0.1, 0.15) is 16.9 Å². The van der Waals surface area contributed by atoms with Crippen molar-refractivity contribution in [3.05, 3.63) is 47.7 Å². The van der Waals surface area contributed by atoms with Gasteiger partial charge in [-0.1, -0.05) is 0 Å². The molecule has 1 fully saturated rings. The summed E-state index contributed by atoms with van der Waals surface area (Å²) < 4.78 is 30.9. The Bertz CT molecular complexity index is 755. The number of ether oxygens (including phenoxy) is 1. The third kappa shape index (κ3) is 4.01. The second kappa shape index (κ2) is 7.42. The number of carbonyl (C=O) groups is 1. The number of halogens is 2. The van der Waals surface area contributed by atoms with Crippen molar-refractivity contribution in [1.82, 2.24) is 10.2 Å². The molecule has 1 atom stereocenters. The van der Waals surface area contributed by atoms with Crippen LogP contribution in [0.3, 0.4) is 0 Å². The van der Waals surface area contributed by atoms with Gasteiger partial charge in [0, 0.05) is 31.4 Å². The van der Waals surface area contributed by atoms with E-state index in [1.165, 1.54) is 13.2 Å². The van der Waals surface area contributed by atoms with Gasteiger partial charge in [0.2, 0.25) is 0 Å². The van der Waals surface area contributed by atoms with Crippen molar-refractivity contribution >= 4 is 17.5 Å². The lowest BCUT2D eigenvalue weighted by atomic mass is 10.1. The zero-order valence-corrected chi connectivity index (χ0v) is 13.7. The van der Waals surface area contributed by atoms with Crippen LogP contribution in [-0.4, -0.2) is 42.9 Å². The number of aromatic nitrogens is 2. The van der Waals surface area contributed by atoms with Gasteiger partial charge >= 0.3 is 5.97 Å². The van der Waals surface area contributed by atoms with Gasteiger partial charge in [0.05, 0.1) is 7.11 Å². The molecular weight excluding hydrogens is 330 g/mol. The van der Waals surface area contributed by atoms with Gasteiger partial charge < -0.3 is 15.0 Å². The van der Waals surface area contributed by atoms with Crippen LogP contribution < -0.4 is 10.2 Å². The third-order valence-corrected chi connectivity index (χ3v) is 4.19. The monoisotopic (exact) mass is 348 g/mol. The molecule has 0 aliphatic carbocycles. The number of esters is 1. The molecule has 0 radical (unpaired) electrons. The van der Waals surface area contributed by atoms with E-state index in [1.807, 2.05) is 4.90 Å².